The van der Waals surface area contributed by atoms with Crippen LogP contribution in [0.2, 0.25) is 0 Å². The molecule has 4 heteroatoms. The highest BCUT2D eigenvalue weighted by Gasteiger charge is 2.17. The third-order valence-electron chi connectivity index (χ3n) is 3.67. The van der Waals surface area contributed by atoms with Crippen molar-refractivity contribution in [3.05, 3.63) is 24.3 Å². The van der Waals surface area contributed by atoms with E-state index in [4.69, 9.17) is 4.74 Å². The Morgan fingerprint density at radius 2 is 2.21 bits per heavy atom. The molecule has 2 rings (SSSR count). The van der Waals surface area contributed by atoms with Gasteiger partial charge in [0.05, 0.1) is 6.10 Å². The molecule has 1 fully saturated rings. The smallest absolute Gasteiger partial charge is 0.115 e. The van der Waals surface area contributed by atoms with Crippen LogP contribution in [0.4, 0.5) is 0 Å². The van der Waals surface area contributed by atoms with E-state index in [9.17, 15) is 0 Å². The van der Waals surface area contributed by atoms with E-state index < -0.39 is 0 Å². The Bertz CT molecular complexity index is 339. The summed E-state index contributed by atoms with van der Waals surface area (Å²) in [5, 5.41) is 3.59. The standard InChI is InChI=1S/C15H25N3O/c1-2-8-18-15(13-10-16-12-17-11-13)7-6-14-5-3-4-9-19-14/h10-12,14-15,18H,2-9H2,1H3. The van der Waals surface area contributed by atoms with Crippen molar-refractivity contribution in [2.24, 2.45) is 0 Å². The van der Waals surface area contributed by atoms with Crippen molar-refractivity contribution in [2.75, 3.05) is 13.2 Å². The Hall–Kier alpha value is -1.00. The number of hydrogen-bond donors (Lipinski definition) is 1. The first-order valence-electron chi connectivity index (χ1n) is 7.50. The van der Waals surface area contributed by atoms with E-state index in [2.05, 4.69) is 22.2 Å². The first-order chi connectivity index (χ1) is 9.40. The summed E-state index contributed by atoms with van der Waals surface area (Å²) in [4.78, 5) is 8.25. The molecule has 0 amide bonds. The van der Waals surface area contributed by atoms with Crippen molar-refractivity contribution in [1.82, 2.24) is 15.3 Å². The molecule has 1 aliphatic rings. The number of rotatable bonds is 7. The first kappa shape index (κ1) is 14.4. The first-order valence-corrected chi connectivity index (χ1v) is 7.50. The summed E-state index contributed by atoms with van der Waals surface area (Å²) >= 11 is 0. The summed E-state index contributed by atoms with van der Waals surface area (Å²) in [5.74, 6) is 0. The van der Waals surface area contributed by atoms with E-state index in [1.54, 1.807) is 6.33 Å². The van der Waals surface area contributed by atoms with Crippen LogP contribution in [-0.4, -0.2) is 29.2 Å². The maximum absolute atomic E-state index is 5.81. The van der Waals surface area contributed by atoms with Crippen LogP contribution in [-0.2, 0) is 4.74 Å². The zero-order chi connectivity index (χ0) is 13.3. The third kappa shape index (κ3) is 4.88. The Kier molecular flexibility index (Phi) is 6.24. The Morgan fingerprint density at radius 3 is 2.89 bits per heavy atom. The molecular weight excluding hydrogens is 238 g/mol. The minimum absolute atomic E-state index is 0.353. The molecule has 0 spiro atoms. The molecular formula is C15H25N3O. The lowest BCUT2D eigenvalue weighted by Gasteiger charge is -2.25. The van der Waals surface area contributed by atoms with Gasteiger partial charge in [-0.2, -0.15) is 0 Å². The minimum Gasteiger partial charge on any atom is -0.378 e. The van der Waals surface area contributed by atoms with Gasteiger partial charge in [-0.3, -0.25) is 0 Å². The molecule has 2 atom stereocenters. The molecule has 1 aromatic heterocycles. The van der Waals surface area contributed by atoms with E-state index in [1.807, 2.05) is 12.4 Å². The van der Waals surface area contributed by atoms with Crippen molar-refractivity contribution in [2.45, 2.75) is 57.6 Å². The Morgan fingerprint density at radius 1 is 1.37 bits per heavy atom. The van der Waals surface area contributed by atoms with Gasteiger partial charge in [0, 0.05) is 30.6 Å². The number of nitrogens with one attached hydrogen (secondary N) is 1. The van der Waals surface area contributed by atoms with Gasteiger partial charge in [0.1, 0.15) is 6.33 Å². The maximum atomic E-state index is 5.81. The third-order valence-corrected chi connectivity index (χ3v) is 3.67. The van der Waals surface area contributed by atoms with Crippen LogP contribution in [0.5, 0.6) is 0 Å². The van der Waals surface area contributed by atoms with Gasteiger partial charge in [0.15, 0.2) is 0 Å². The van der Waals surface area contributed by atoms with E-state index in [0.29, 0.717) is 12.1 Å². The van der Waals surface area contributed by atoms with Crippen LogP contribution in [0.25, 0.3) is 0 Å². The summed E-state index contributed by atoms with van der Waals surface area (Å²) in [7, 11) is 0. The van der Waals surface area contributed by atoms with Crippen LogP contribution in [0, 0.1) is 0 Å². The quantitative estimate of drug-likeness (QED) is 0.821. The second-order valence-electron chi connectivity index (χ2n) is 5.24. The fraction of sp³-hybridized carbons (Fsp3) is 0.733. The van der Waals surface area contributed by atoms with E-state index in [1.165, 1.54) is 24.8 Å². The maximum Gasteiger partial charge on any atom is 0.115 e. The van der Waals surface area contributed by atoms with Crippen LogP contribution in [0.3, 0.4) is 0 Å². The summed E-state index contributed by atoms with van der Waals surface area (Å²) in [5.41, 5.74) is 1.19. The highest BCUT2D eigenvalue weighted by Crippen LogP contribution is 2.23. The Labute approximate surface area is 116 Å². The average molecular weight is 263 g/mol. The summed E-state index contributed by atoms with van der Waals surface area (Å²) in [6.45, 7) is 4.16. The van der Waals surface area contributed by atoms with E-state index in [-0.39, 0.29) is 0 Å². The summed E-state index contributed by atoms with van der Waals surface area (Å²) in [6.07, 6.45) is 13.0. The second-order valence-corrected chi connectivity index (χ2v) is 5.24. The molecule has 1 saturated heterocycles. The molecule has 19 heavy (non-hydrogen) atoms. The van der Waals surface area contributed by atoms with Crippen LogP contribution >= 0.6 is 0 Å². The molecule has 1 aromatic rings. The van der Waals surface area contributed by atoms with Crippen molar-refractivity contribution >= 4 is 0 Å². The minimum atomic E-state index is 0.353. The van der Waals surface area contributed by atoms with Crippen LogP contribution in [0.15, 0.2) is 18.7 Å². The molecule has 106 valence electrons. The van der Waals surface area contributed by atoms with Crippen molar-refractivity contribution in [3.63, 3.8) is 0 Å². The van der Waals surface area contributed by atoms with Gasteiger partial charge in [-0.15, -0.1) is 0 Å². The van der Waals surface area contributed by atoms with E-state index in [0.717, 1.165) is 32.4 Å². The van der Waals surface area contributed by atoms with Crippen molar-refractivity contribution in [1.29, 1.82) is 0 Å². The highest BCUT2D eigenvalue weighted by atomic mass is 16.5. The number of hydrogen-bond acceptors (Lipinski definition) is 4. The average Bonchev–Trinajstić information content (AvgIpc) is 2.49. The lowest BCUT2D eigenvalue weighted by Crippen LogP contribution is -2.25. The second kappa shape index (κ2) is 8.23. The van der Waals surface area contributed by atoms with Crippen LogP contribution in [0.1, 0.15) is 57.1 Å². The lowest BCUT2D eigenvalue weighted by atomic mass is 9.98. The summed E-state index contributed by atoms with van der Waals surface area (Å²) < 4.78 is 5.81. The van der Waals surface area contributed by atoms with Gasteiger partial charge < -0.3 is 10.1 Å². The predicted molar refractivity (Wildman–Crippen MR) is 75.9 cm³/mol. The fourth-order valence-corrected chi connectivity index (χ4v) is 2.58. The molecule has 0 aliphatic carbocycles. The molecule has 0 radical (unpaired) electrons. The summed E-state index contributed by atoms with van der Waals surface area (Å²) in [6, 6.07) is 0.353. The molecule has 2 unspecified atom stereocenters. The van der Waals surface area contributed by atoms with Crippen LogP contribution < -0.4 is 5.32 Å². The molecule has 0 aromatic carbocycles. The van der Waals surface area contributed by atoms with Gasteiger partial charge in [-0.1, -0.05) is 6.92 Å². The van der Waals surface area contributed by atoms with Gasteiger partial charge >= 0.3 is 0 Å². The number of aromatic nitrogens is 2. The van der Waals surface area contributed by atoms with Crippen molar-refractivity contribution < 1.29 is 4.74 Å². The monoisotopic (exact) mass is 263 g/mol. The molecule has 4 nitrogen and oxygen atoms in total. The zero-order valence-corrected chi connectivity index (χ0v) is 11.8. The SMILES string of the molecule is CCCNC(CCC1CCCCO1)c1cncnc1. The molecule has 0 bridgehead atoms. The molecule has 2 heterocycles. The normalized spacial score (nSPS) is 21.2. The largest absolute Gasteiger partial charge is 0.378 e. The van der Waals surface area contributed by atoms with Gasteiger partial charge in [0.25, 0.3) is 0 Å². The van der Waals surface area contributed by atoms with Crippen molar-refractivity contribution in [3.8, 4) is 0 Å². The predicted octanol–water partition coefficient (Wildman–Crippen LogP) is 2.87. The fourth-order valence-electron chi connectivity index (χ4n) is 2.58. The molecule has 1 N–H and O–H groups in total. The topological polar surface area (TPSA) is 47.0 Å². The van der Waals surface area contributed by atoms with Gasteiger partial charge in [-0.25, -0.2) is 9.97 Å². The lowest BCUT2D eigenvalue weighted by molar-refractivity contribution is 0.00853. The zero-order valence-electron chi connectivity index (χ0n) is 11.8. The van der Waals surface area contributed by atoms with Gasteiger partial charge in [-0.05, 0) is 45.1 Å². The molecule has 0 saturated carbocycles. The number of ether oxygens (including phenoxy) is 1. The highest BCUT2D eigenvalue weighted by molar-refractivity contribution is 5.09. The van der Waals surface area contributed by atoms with Gasteiger partial charge in [0.2, 0.25) is 0 Å². The number of nitrogens with zero attached hydrogens (tertiary/aromatic N) is 2. The van der Waals surface area contributed by atoms with E-state index >= 15 is 0 Å². The molecule has 1 aliphatic heterocycles. The Balaban J connectivity index is 1.86.